The van der Waals surface area contributed by atoms with Crippen LogP contribution in [0.15, 0.2) is 18.2 Å². The van der Waals surface area contributed by atoms with Gasteiger partial charge in [0.15, 0.2) is 0 Å². The van der Waals surface area contributed by atoms with Crippen LogP contribution in [0.5, 0.6) is 0 Å². The molecule has 1 atom stereocenters. The number of ether oxygens (including phenoxy) is 1. The van der Waals surface area contributed by atoms with Gasteiger partial charge in [0.05, 0.1) is 18.2 Å². The van der Waals surface area contributed by atoms with Crippen LogP contribution in [0.25, 0.3) is 0 Å². The smallest absolute Gasteiger partial charge is 0.254 e. The van der Waals surface area contributed by atoms with Crippen molar-refractivity contribution in [2.75, 3.05) is 20.3 Å². The lowest BCUT2D eigenvalue weighted by molar-refractivity contribution is 0.0862. The molecule has 4 nitrogen and oxygen atoms in total. The largest absolute Gasteiger partial charge is 0.384 e. The summed E-state index contributed by atoms with van der Waals surface area (Å²) in [6.45, 7) is 3.98. The molecular weight excluding hydrogens is 273 g/mol. The van der Waals surface area contributed by atoms with E-state index in [0.29, 0.717) is 12.2 Å². The van der Waals surface area contributed by atoms with Crippen LogP contribution in [0.2, 0.25) is 0 Å². The van der Waals surface area contributed by atoms with E-state index in [1.807, 2.05) is 13.8 Å². The molecule has 0 saturated heterocycles. The number of hydrogen-bond donors (Lipinski definition) is 2. The molecule has 1 aromatic carbocycles. The lowest BCUT2D eigenvalue weighted by Crippen LogP contribution is -2.41. The van der Waals surface area contributed by atoms with Crippen molar-refractivity contribution in [2.45, 2.75) is 19.9 Å². The summed E-state index contributed by atoms with van der Waals surface area (Å²) in [5.41, 5.74) is 0.377. The Kier molecular flexibility index (Phi) is 6.86. The summed E-state index contributed by atoms with van der Waals surface area (Å²) >= 11 is 0. The van der Waals surface area contributed by atoms with Gasteiger partial charge in [-0.1, -0.05) is 25.7 Å². The number of rotatable bonds is 5. The fourth-order valence-electron chi connectivity index (χ4n) is 1.75. The molecule has 0 aliphatic heterocycles. The van der Waals surface area contributed by atoms with E-state index >= 15 is 0 Å². The monoisotopic (exact) mass is 293 g/mol. The molecule has 0 fully saturated rings. The van der Waals surface area contributed by atoms with E-state index in [-0.39, 0.29) is 24.1 Å². The minimum Gasteiger partial charge on any atom is -0.384 e. The molecule has 0 spiro atoms. The number of hydrogen-bond acceptors (Lipinski definition) is 3. The normalized spacial score (nSPS) is 11.7. The second-order valence-corrected chi connectivity index (χ2v) is 4.93. The summed E-state index contributed by atoms with van der Waals surface area (Å²) in [5.74, 6) is 4.06. The number of methoxy groups -OCH3 is 1. The van der Waals surface area contributed by atoms with E-state index < -0.39 is 11.7 Å². The summed E-state index contributed by atoms with van der Waals surface area (Å²) in [4.78, 5) is 12.1. The van der Waals surface area contributed by atoms with Crippen molar-refractivity contribution >= 4 is 5.91 Å². The molecule has 1 unspecified atom stereocenters. The topological polar surface area (TPSA) is 58.6 Å². The lowest BCUT2D eigenvalue weighted by Gasteiger charge is -2.21. The molecule has 5 heteroatoms. The lowest BCUT2D eigenvalue weighted by atomic mass is 10.0. The van der Waals surface area contributed by atoms with Crippen molar-refractivity contribution in [3.05, 3.63) is 35.1 Å². The number of halogens is 1. The number of nitrogens with one attached hydrogen (secondary N) is 1. The van der Waals surface area contributed by atoms with Crippen LogP contribution in [0.3, 0.4) is 0 Å². The van der Waals surface area contributed by atoms with Gasteiger partial charge < -0.3 is 15.2 Å². The maximum Gasteiger partial charge on any atom is 0.254 e. The van der Waals surface area contributed by atoms with Gasteiger partial charge in [-0.15, -0.1) is 0 Å². The van der Waals surface area contributed by atoms with Gasteiger partial charge in [-0.3, -0.25) is 4.79 Å². The first-order valence-corrected chi connectivity index (χ1v) is 6.68. The van der Waals surface area contributed by atoms with E-state index in [4.69, 9.17) is 9.84 Å². The van der Waals surface area contributed by atoms with Gasteiger partial charge in [0.2, 0.25) is 0 Å². The molecule has 1 amide bonds. The number of aliphatic hydroxyl groups is 1. The van der Waals surface area contributed by atoms with Crippen LogP contribution in [0, 0.1) is 23.6 Å². The van der Waals surface area contributed by atoms with Crippen LogP contribution in [-0.4, -0.2) is 37.4 Å². The van der Waals surface area contributed by atoms with Crippen molar-refractivity contribution in [3.63, 3.8) is 0 Å². The highest BCUT2D eigenvalue weighted by molar-refractivity contribution is 5.94. The first kappa shape index (κ1) is 17.2. The number of carbonyl (C=O) groups excluding carboxylic acids is 1. The minimum atomic E-state index is -0.642. The molecule has 1 aromatic rings. The van der Waals surface area contributed by atoms with Crippen molar-refractivity contribution in [3.8, 4) is 11.8 Å². The molecule has 0 aliphatic carbocycles. The Morgan fingerprint density at radius 2 is 2.19 bits per heavy atom. The molecule has 0 radical (unpaired) electrons. The van der Waals surface area contributed by atoms with Gasteiger partial charge in [0, 0.05) is 12.7 Å². The maximum absolute atomic E-state index is 13.9. The van der Waals surface area contributed by atoms with Crippen LogP contribution < -0.4 is 5.32 Å². The first-order valence-electron chi connectivity index (χ1n) is 6.68. The first-order chi connectivity index (χ1) is 9.99. The number of carbonyl (C=O) groups is 1. The average molecular weight is 293 g/mol. The zero-order chi connectivity index (χ0) is 15.8. The Hall–Kier alpha value is -1.90. The van der Waals surface area contributed by atoms with E-state index in [0.717, 1.165) is 0 Å². The predicted octanol–water partition coefficient (Wildman–Crippen LogP) is 1.57. The van der Waals surface area contributed by atoms with Crippen LogP contribution in [0.4, 0.5) is 4.39 Å². The molecule has 0 saturated carbocycles. The van der Waals surface area contributed by atoms with Crippen LogP contribution in [-0.2, 0) is 4.74 Å². The van der Waals surface area contributed by atoms with Gasteiger partial charge in [-0.25, -0.2) is 4.39 Å². The van der Waals surface area contributed by atoms with Gasteiger partial charge in [0.1, 0.15) is 12.4 Å². The van der Waals surface area contributed by atoms with Crippen molar-refractivity contribution in [1.82, 2.24) is 5.32 Å². The Balaban J connectivity index is 2.87. The second-order valence-electron chi connectivity index (χ2n) is 4.93. The number of benzene rings is 1. The SMILES string of the molecule is COCC(NC(=O)c1ccc(C#CCO)cc1F)C(C)C. The zero-order valence-corrected chi connectivity index (χ0v) is 12.4. The van der Waals surface area contributed by atoms with Gasteiger partial charge in [-0.2, -0.15) is 0 Å². The van der Waals surface area contributed by atoms with E-state index in [2.05, 4.69) is 17.2 Å². The fourth-order valence-corrected chi connectivity index (χ4v) is 1.75. The van der Waals surface area contributed by atoms with E-state index in [1.54, 1.807) is 13.2 Å². The molecule has 114 valence electrons. The number of aliphatic hydroxyl groups excluding tert-OH is 1. The summed E-state index contributed by atoms with van der Waals surface area (Å²) in [5, 5.41) is 11.4. The van der Waals surface area contributed by atoms with Gasteiger partial charge in [-0.05, 0) is 24.1 Å². The van der Waals surface area contributed by atoms with Crippen LogP contribution in [0.1, 0.15) is 29.8 Å². The molecule has 21 heavy (non-hydrogen) atoms. The maximum atomic E-state index is 13.9. The average Bonchev–Trinajstić information content (AvgIpc) is 2.44. The molecule has 0 bridgehead atoms. The highest BCUT2D eigenvalue weighted by Crippen LogP contribution is 2.11. The molecular formula is C16H20FNO3. The van der Waals surface area contributed by atoms with Crippen molar-refractivity contribution < 1.29 is 19.0 Å². The zero-order valence-electron chi connectivity index (χ0n) is 12.4. The van der Waals surface area contributed by atoms with Crippen LogP contribution >= 0.6 is 0 Å². The molecule has 0 aliphatic rings. The van der Waals surface area contributed by atoms with E-state index in [1.165, 1.54) is 12.1 Å². The standard InChI is InChI=1S/C16H20FNO3/c1-11(2)15(10-21-3)18-16(20)13-7-6-12(5-4-8-19)9-14(13)17/h6-7,9,11,15,19H,8,10H2,1-3H3,(H,18,20). The molecule has 1 rings (SSSR count). The third kappa shape index (κ3) is 5.18. The summed E-state index contributed by atoms with van der Waals surface area (Å²) < 4.78 is 19.0. The summed E-state index contributed by atoms with van der Waals surface area (Å²) in [6, 6.07) is 3.92. The Morgan fingerprint density at radius 1 is 1.48 bits per heavy atom. The Morgan fingerprint density at radius 3 is 2.71 bits per heavy atom. The quantitative estimate of drug-likeness (QED) is 0.810. The van der Waals surface area contributed by atoms with Crippen molar-refractivity contribution in [2.24, 2.45) is 5.92 Å². The predicted molar refractivity (Wildman–Crippen MR) is 78.3 cm³/mol. The Bertz CT molecular complexity index is 546. The second kappa shape index (κ2) is 8.40. The highest BCUT2D eigenvalue weighted by Gasteiger charge is 2.19. The van der Waals surface area contributed by atoms with Gasteiger partial charge >= 0.3 is 0 Å². The molecule has 0 aromatic heterocycles. The molecule has 2 N–H and O–H groups in total. The third-order valence-corrected chi connectivity index (χ3v) is 2.99. The summed E-state index contributed by atoms with van der Waals surface area (Å²) in [7, 11) is 1.55. The van der Waals surface area contributed by atoms with E-state index in [9.17, 15) is 9.18 Å². The fraction of sp³-hybridized carbons (Fsp3) is 0.438. The minimum absolute atomic E-state index is 0.0358. The van der Waals surface area contributed by atoms with Crippen molar-refractivity contribution in [1.29, 1.82) is 0 Å². The highest BCUT2D eigenvalue weighted by atomic mass is 19.1. The number of amides is 1. The van der Waals surface area contributed by atoms with Gasteiger partial charge in [0.25, 0.3) is 5.91 Å². The molecule has 0 heterocycles. The summed E-state index contributed by atoms with van der Waals surface area (Å²) in [6.07, 6.45) is 0. The Labute approximate surface area is 124 Å². The third-order valence-electron chi connectivity index (χ3n) is 2.99.